The van der Waals surface area contributed by atoms with E-state index in [0.717, 1.165) is 23.7 Å². The molecule has 0 heterocycles. The zero-order valence-electron chi connectivity index (χ0n) is 9.49. The molecule has 16 heavy (non-hydrogen) atoms. The Morgan fingerprint density at radius 2 is 2.12 bits per heavy atom. The summed E-state index contributed by atoms with van der Waals surface area (Å²) in [6.45, 7) is 2.72. The molecule has 0 aliphatic rings. The number of rotatable bonds is 7. The zero-order valence-corrected chi connectivity index (χ0v) is 11.1. The van der Waals surface area contributed by atoms with Crippen LogP contribution in [0.3, 0.4) is 0 Å². The standard InChI is InChI=1S/C12H18ClNOS/c1-10(14)6-8-16-9-7-15-12-5-3-2-4-11(12)13/h2-5,10H,6-9,14H2,1H3. The van der Waals surface area contributed by atoms with Gasteiger partial charge in [0, 0.05) is 11.8 Å². The second-order valence-corrected chi connectivity index (χ2v) is 5.29. The Balaban J connectivity index is 2.10. The summed E-state index contributed by atoms with van der Waals surface area (Å²) < 4.78 is 5.56. The Labute approximate surface area is 107 Å². The van der Waals surface area contributed by atoms with Gasteiger partial charge < -0.3 is 10.5 Å². The second kappa shape index (κ2) is 7.82. The van der Waals surface area contributed by atoms with Crippen molar-refractivity contribution < 1.29 is 4.74 Å². The van der Waals surface area contributed by atoms with Crippen molar-refractivity contribution in [1.29, 1.82) is 0 Å². The fraction of sp³-hybridized carbons (Fsp3) is 0.500. The van der Waals surface area contributed by atoms with E-state index in [1.807, 2.05) is 43.0 Å². The van der Waals surface area contributed by atoms with Gasteiger partial charge in [0.25, 0.3) is 0 Å². The topological polar surface area (TPSA) is 35.2 Å². The van der Waals surface area contributed by atoms with E-state index in [1.165, 1.54) is 0 Å². The molecule has 2 nitrogen and oxygen atoms in total. The highest BCUT2D eigenvalue weighted by Crippen LogP contribution is 2.23. The van der Waals surface area contributed by atoms with Crippen LogP contribution in [0.25, 0.3) is 0 Å². The van der Waals surface area contributed by atoms with Crippen LogP contribution < -0.4 is 10.5 Å². The lowest BCUT2D eigenvalue weighted by molar-refractivity contribution is 0.344. The van der Waals surface area contributed by atoms with Gasteiger partial charge in [0.2, 0.25) is 0 Å². The molecule has 2 N–H and O–H groups in total. The minimum absolute atomic E-state index is 0.289. The quantitative estimate of drug-likeness (QED) is 0.764. The highest BCUT2D eigenvalue weighted by Gasteiger charge is 1.99. The summed E-state index contributed by atoms with van der Waals surface area (Å²) in [4.78, 5) is 0. The first-order valence-corrected chi connectivity index (χ1v) is 6.94. The third-order valence-corrected chi connectivity index (χ3v) is 3.33. The van der Waals surface area contributed by atoms with E-state index in [2.05, 4.69) is 0 Å². The van der Waals surface area contributed by atoms with E-state index in [4.69, 9.17) is 22.1 Å². The van der Waals surface area contributed by atoms with Crippen LogP contribution in [-0.2, 0) is 0 Å². The van der Waals surface area contributed by atoms with E-state index < -0.39 is 0 Å². The Kier molecular flexibility index (Phi) is 6.69. The summed E-state index contributed by atoms with van der Waals surface area (Å²) in [6.07, 6.45) is 1.05. The zero-order chi connectivity index (χ0) is 11.8. The number of hydrogen-bond acceptors (Lipinski definition) is 3. The molecule has 0 radical (unpaired) electrons. The molecule has 4 heteroatoms. The molecule has 1 aromatic carbocycles. The van der Waals surface area contributed by atoms with Crippen molar-refractivity contribution in [2.75, 3.05) is 18.1 Å². The van der Waals surface area contributed by atoms with Crippen LogP contribution in [0.15, 0.2) is 24.3 Å². The molecule has 0 aliphatic heterocycles. The highest BCUT2D eigenvalue weighted by atomic mass is 35.5. The van der Waals surface area contributed by atoms with Gasteiger partial charge in [-0.2, -0.15) is 11.8 Å². The summed E-state index contributed by atoms with van der Waals surface area (Å²) in [5, 5.41) is 0.670. The Bertz CT molecular complexity index is 307. The van der Waals surface area contributed by atoms with Gasteiger partial charge in [-0.25, -0.2) is 0 Å². The largest absolute Gasteiger partial charge is 0.491 e. The van der Waals surface area contributed by atoms with Crippen LogP contribution in [0.2, 0.25) is 5.02 Å². The van der Waals surface area contributed by atoms with Gasteiger partial charge in [0.05, 0.1) is 11.6 Å². The van der Waals surface area contributed by atoms with E-state index in [9.17, 15) is 0 Å². The predicted octanol–water partition coefficient (Wildman–Crippen LogP) is 3.19. The Morgan fingerprint density at radius 1 is 1.38 bits per heavy atom. The third kappa shape index (κ3) is 5.64. The van der Waals surface area contributed by atoms with Crippen LogP contribution in [0.4, 0.5) is 0 Å². The first kappa shape index (κ1) is 13.7. The average molecular weight is 260 g/mol. The lowest BCUT2D eigenvalue weighted by Crippen LogP contribution is -2.15. The van der Waals surface area contributed by atoms with Crippen LogP contribution in [0, 0.1) is 0 Å². The Morgan fingerprint density at radius 3 is 2.81 bits per heavy atom. The summed E-state index contributed by atoms with van der Waals surface area (Å²) >= 11 is 7.82. The summed E-state index contributed by atoms with van der Waals surface area (Å²) in [7, 11) is 0. The van der Waals surface area contributed by atoms with Crippen molar-refractivity contribution >= 4 is 23.4 Å². The fourth-order valence-corrected chi connectivity index (χ4v) is 2.28. The maximum Gasteiger partial charge on any atom is 0.137 e. The molecule has 0 fully saturated rings. The average Bonchev–Trinajstić information content (AvgIpc) is 2.25. The maximum atomic E-state index is 5.96. The van der Waals surface area contributed by atoms with E-state index in [-0.39, 0.29) is 6.04 Å². The Hall–Kier alpha value is -0.380. The summed E-state index contributed by atoms with van der Waals surface area (Å²) in [6, 6.07) is 7.82. The SMILES string of the molecule is CC(N)CCSCCOc1ccccc1Cl. The van der Waals surface area contributed by atoms with E-state index in [0.29, 0.717) is 11.6 Å². The lowest BCUT2D eigenvalue weighted by Gasteiger charge is -2.08. The molecule has 0 saturated carbocycles. The maximum absolute atomic E-state index is 5.96. The molecule has 1 rings (SSSR count). The first-order chi connectivity index (χ1) is 7.70. The number of ether oxygens (including phenoxy) is 1. The molecule has 1 aromatic rings. The summed E-state index contributed by atoms with van der Waals surface area (Å²) in [5.41, 5.74) is 5.66. The molecule has 0 spiro atoms. The molecule has 1 atom stereocenters. The number of para-hydroxylation sites is 1. The number of thioether (sulfide) groups is 1. The molecular weight excluding hydrogens is 242 g/mol. The number of hydrogen-bond donors (Lipinski definition) is 1. The molecular formula is C12H18ClNOS. The predicted molar refractivity (Wildman–Crippen MR) is 72.5 cm³/mol. The van der Waals surface area contributed by atoms with Crippen molar-refractivity contribution in [2.45, 2.75) is 19.4 Å². The van der Waals surface area contributed by atoms with Gasteiger partial charge in [-0.05, 0) is 31.2 Å². The van der Waals surface area contributed by atoms with Gasteiger partial charge >= 0.3 is 0 Å². The second-order valence-electron chi connectivity index (χ2n) is 3.66. The minimum atomic E-state index is 0.289. The van der Waals surface area contributed by atoms with Gasteiger partial charge in [-0.3, -0.25) is 0 Å². The van der Waals surface area contributed by atoms with Crippen molar-refractivity contribution in [3.63, 3.8) is 0 Å². The minimum Gasteiger partial charge on any atom is -0.491 e. The van der Waals surface area contributed by atoms with E-state index in [1.54, 1.807) is 0 Å². The monoisotopic (exact) mass is 259 g/mol. The fourth-order valence-electron chi connectivity index (χ4n) is 1.14. The van der Waals surface area contributed by atoms with Crippen molar-refractivity contribution in [1.82, 2.24) is 0 Å². The van der Waals surface area contributed by atoms with Crippen LogP contribution in [0.1, 0.15) is 13.3 Å². The molecule has 90 valence electrons. The molecule has 0 aliphatic carbocycles. The highest BCUT2D eigenvalue weighted by molar-refractivity contribution is 7.99. The lowest BCUT2D eigenvalue weighted by atomic mass is 10.3. The number of nitrogens with two attached hydrogens (primary N) is 1. The smallest absolute Gasteiger partial charge is 0.137 e. The van der Waals surface area contributed by atoms with Crippen LogP contribution in [0.5, 0.6) is 5.75 Å². The van der Waals surface area contributed by atoms with Gasteiger partial charge in [-0.1, -0.05) is 23.7 Å². The van der Waals surface area contributed by atoms with Gasteiger partial charge in [0.15, 0.2) is 0 Å². The number of halogens is 1. The molecule has 0 amide bonds. The van der Waals surface area contributed by atoms with Crippen molar-refractivity contribution in [3.8, 4) is 5.75 Å². The van der Waals surface area contributed by atoms with Crippen LogP contribution in [-0.4, -0.2) is 24.2 Å². The third-order valence-electron chi connectivity index (χ3n) is 2.04. The molecule has 0 saturated heterocycles. The van der Waals surface area contributed by atoms with Gasteiger partial charge in [0.1, 0.15) is 5.75 Å². The van der Waals surface area contributed by atoms with Gasteiger partial charge in [-0.15, -0.1) is 0 Å². The van der Waals surface area contributed by atoms with Crippen molar-refractivity contribution in [3.05, 3.63) is 29.3 Å². The first-order valence-electron chi connectivity index (χ1n) is 5.41. The summed E-state index contributed by atoms with van der Waals surface area (Å²) in [5.74, 6) is 2.82. The molecule has 0 bridgehead atoms. The van der Waals surface area contributed by atoms with Crippen molar-refractivity contribution in [2.24, 2.45) is 5.73 Å². The van der Waals surface area contributed by atoms with Crippen LogP contribution >= 0.6 is 23.4 Å². The molecule has 1 unspecified atom stereocenters. The molecule has 0 aromatic heterocycles. The number of benzene rings is 1. The van der Waals surface area contributed by atoms with E-state index >= 15 is 0 Å². The normalized spacial score (nSPS) is 12.4.